The molecule has 0 saturated heterocycles. The van der Waals surface area contributed by atoms with Crippen molar-refractivity contribution in [3.05, 3.63) is 52.5 Å². The highest BCUT2D eigenvalue weighted by atomic mass is 35.5. The summed E-state index contributed by atoms with van der Waals surface area (Å²) in [5.41, 5.74) is 1.37. The molecular formula is C15H13ClO4. The van der Waals surface area contributed by atoms with Crippen molar-refractivity contribution in [3.63, 3.8) is 0 Å². The van der Waals surface area contributed by atoms with E-state index in [1.54, 1.807) is 37.4 Å². The lowest BCUT2D eigenvalue weighted by Crippen LogP contribution is -2.00. The van der Waals surface area contributed by atoms with Crippen molar-refractivity contribution in [3.8, 4) is 17.2 Å². The first-order valence-electron chi connectivity index (χ1n) is 6.10. The molecule has 1 aliphatic heterocycles. The molecule has 3 rings (SSSR count). The minimum atomic E-state index is -0.808. The Kier molecular flexibility index (Phi) is 3.42. The van der Waals surface area contributed by atoms with E-state index in [0.29, 0.717) is 33.4 Å². The van der Waals surface area contributed by atoms with Gasteiger partial charge in [-0.15, -0.1) is 0 Å². The maximum absolute atomic E-state index is 10.5. The molecule has 1 aliphatic rings. The molecular weight excluding hydrogens is 280 g/mol. The Hall–Kier alpha value is -1.91. The van der Waals surface area contributed by atoms with Crippen molar-refractivity contribution in [1.29, 1.82) is 0 Å². The van der Waals surface area contributed by atoms with Gasteiger partial charge in [0, 0.05) is 5.02 Å². The first-order valence-corrected chi connectivity index (χ1v) is 6.48. The van der Waals surface area contributed by atoms with Gasteiger partial charge in [0.25, 0.3) is 0 Å². The monoisotopic (exact) mass is 292 g/mol. The number of methoxy groups -OCH3 is 1. The van der Waals surface area contributed by atoms with Crippen molar-refractivity contribution in [2.45, 2.75) is 6.10 Å². The summed E-state index contributed by atoms with van der Waals surface area (Å²) in [7, 11) is 1.55. The van der Waals surface area contributed by atoms with E-state index >= 15 is 0 Å². The second kappa shape index (κ2) is 5.23. The quantitative estimate of drug-likeness (QED) is 0.944. The van der Waals surface area contributed by atoms with Crippen LogP contribution in [-0.4, -0.2) is 19.0 Å². The van der Waals surface area contributed by atoms with Gasteiger partial charge in [-0.25, -0.2) is 0 Å². The lowest BCUT2D eigenvalue weighted by Gasteiger charge is -2.14. The number of halogens is 1. The maximum Gasteiger partial charge on any atom is 0.231 e. The maximum atomic E-state index is 10.5. The van der Waals surface area contributed by atoms with Gasteiger partial charge >= 0.3 is 0 Å². The van der Waals surface area contributed by atoms with Crippen LogP contribution in [0.1, 0.15) is 17.2 Å². The molecule has 0 amide bonds. The molecule has 1 heterocycles. The molecule has 4 nitrogen and oxygen atoms in total. The van der Waals surface area contributed by atoms with E-state index in [-0.39, 0.29) is 6.79 Å². The Balaban J connectivity index is 2.02. The molecule has 0 aromatic heterocycles. The molecule has 0 bridgehead atoms. The van der Waals surface area contributed by atoms with Crippen LogP contribution in [0.4, 0.5) is 0 Å². The topological polar surface area (TPSA) is 47.9 Å². The van der Waals surface area contributed by atoms with Crippen molar-refractivity contribution in [2.75, 3.05) is 13.9 Å². The van der Waals surface area contributed by atoms with E-state index in [9.17, 15) is 5.11 Å². The smallest absolute Gasteiger partial charge is 0.231 e. The minimum absolute atomic E-state index is 0.155. The fourth-order valence-corrected chi connectivity index (χ4v) is 2.38. The second-order valence-electron chi connectivity index (χ2n) is 4.41. The standard InChI is InChI=1S/C15H13ClO4/c1-18-12-6-10(7-13-15(12)20-8-19-13)14(17)9-3-2-4-11(16)5-9/h2-7,14,17H,8H2,1H3. The van der Waals surface area contributed by atoms with Crippen LogP contribution in [0.25, 0.3) is 0 Å². The molecule has 1 atom stereocenters. The summed E-state index contributed by atoms with van der Waals surface area (Å²) in [6.07, 6.45) is -0.808. The van der Waals surface area contributed by atoms with E-state index in [2.05, 4.69) is 0 Å². The molecule has 1 N–H and O–H groups in total. The third kappa shape index (κ3) is 2.28. The van der Waals surface area contributed by atoms with Crippen LogP contribution in [0.2, 0.25) is 5.02 Å². The zero-order chi connectivity index (χ0) is 14.1. The third-order valence-corrected chi connectivity index (χ3v) is 3.40. The molecule has 5 heteroatoms. The Morgan fingerprint density at radius 1 is 1.20 bits per heavy atom. The van der Waals surface area contributed by atoms with Crippen LogP contribution in [0, 0.1) is 0 Å². The van der Waals surface area contributed by atoms with Crippen LogP contribution >= 0.6 is 11.6 Å². The van der Waals surface area contributed by atoms with Gasteiger partial charge in [0.05, 0.1) is 7.11 Å². The Labute approximate surface area is 121 Å². The highest BCUT2D eigenvalue weighted by molar-refractivity contribution is 6.30. The summed E-state index contributed by atoms with van der Waals surface area (Å²) in [5.74, 6) is 1.67. The molecule has 104 valence electrons. The molecule has 0 radical (unpaired) electrons. The van der Waals surface area contributed by atoms with Gasteiger partial charge in [-0.3, -0.25) is 0 Å². The second-order valence-corrected chi connectivity index (χ2v) is 4.85. The Morgan fingerprint density at radius 2 is 2.05 bits per heavy atom. The number of rotatable bonds is 3. The Morgan fingerprint density at radius 3 is 2.80 bits per heavy atom. The van der Waals surface area contributed by atoms with Crippen LogP contribution in [0.5, 0.6) is 17.2 Å². The number of aliphatic hydroxyl groups excluding tert-OH is 1. The summed E-state index contributed by atoms with van der Waals surface area (Å²) in [5, 5.41) is 11.0. The molecule has 0 aliphatic carbocycles. The van der Waals surface area contributed by atoms with Gasteiger partial charge in [-0.05, 0) is 35.4 Å². The average molecular weight is 293 g/mol. The lowest BCUT2D eigenvalue weighted by molar-refractivity contribution is 0.171. The van der Waals surface area contributed by atoms with Gasteiger partial charge in [-0.2, -0.15) is 0 Å². The highest BCUT2D eigenvalue weighted by Crippen LogP contribution is 2.43. The minimum Gasteiger partial charge on any atom is -0.493 e. The van der Waals surface area contributed by atoms with Gasteiger partial charge in [0.1, 0.15) is 6.10 Å². The molecule has 1 unspecified atom stereocenters. The van der Waals surface area contributed by atoms with Crippen LogP contribution in [0.15, 0.2) is 36.4 Å². The zero-order valence-corrected chi connectivity index (χ0v) is 11.6. The molecule has 2 aromatic rings. The normalized spacial score (nSPS) is 14.2. The third-order valence-electron chi connectivity index (χ3n) is 3.16. The lowest BCUT2D eigenvalue weighted by atomic mass is 10.0. The first-order chi connectivity index (χ1) is 9.69. The van der Waals surface area contributed by atoms with Crippen LogP contribution in [0.3, 0.4) is 0 Å². The number of fused-ring (bicyclic) bond motifs is 1. The number of aliphatic hydroxyl groups is 1. The number of hydrogen-bond acceptors (Lipinski definition) is 4. The predicted octanol–water partition coefficient (Wildman–Crippen LogP) is 3.16. The van der Waals surface area contributed by atoms with E-state index in [0.717, 1.165) is 0 Å². The number of ether oxygens (including phenoxy) is 3. The fraction of sp³-hybridized carbons (Fsp3) is 0.200. The highest BCUT2D eigenvalue weighted by Gasteiger charge is 2.23. The zero-order valence-electron chi connectivity index (χ0n) is 10.8. The summed E-state index contributed by atoms with van der Waals surface area (Å²) in [6.45, 7) is 0.155. The van der Waals surface area contributed by atoms with Gasteiger partial charge in [0.15, 0.2) is 11.5 Å². The average Bonchev–Trinajstić information content (AvgIpc) is 2.93. The SMILES string of the molecule is COc1cc(C(O)c2cccc(Cl)c2)cc2c1OCO2. The van der Waals surface area contributed by atoms with Crippen molar-refractivity contribution >= 4 is 11.6 Å². The van der Waals surface area contributed by atoms with Crippen LogP contribution in [-0.2, 0) is 0 Å². The van der Waals surface area contributed by atoms with Crippen molar-refractivity contribution < 1.29 is 19.3 Å². The summed E-state index contributed by atoms with van der Waals surface area (Å²) < 4.78 is 15.9. The molecule has 2 aromatic carbocycles. The molecule has 0 fully saturated rings. The van der Waals surface area contributed by atoms with Gasteiger partial charge in [-0.1, -0.05) is 23.7 Å². The van der Waals surface area contributed by atoms with Crippen molar-refractivity contribution in [1.82, 2.24) is 0 Å². The van der Waals surface area contributed by atoms with E-state index in [1.807, 2.05) is 6.07 Å². The number of hydrogen-bond donors (Lipinski definition) is 1. The van der Waals surface area contributed by atoms with Crippen molar-refractivity contribution in [2.24, 2.45) is 0 Å². The van der Waals surface area contributed by atoms with Crippen LogP contribution < -0.4 is 14.2 Å². The van der Waals surface area contributed by atoms with E-state index in [1.165, 1.54) is 0 Å². The summed E-state index contributed by atoms with van der Waals surface area (Å²) >= 11 is 5.95. The van der Waals surface area contributed by atoms with Gasteiger partial charge in [0.2, 0.25) is 12.5 Å². The molecule has 20 heavy (non-hydrogen) atoms. The number of benzene rings is 2. The molecule has 0 spiro atoms. The fourth-order valence-electron chi connectivity index (χ4n) is 2.18. The first kappa shape index (κ1) is 13.1. The largest absolute Gasteiger partial charge is 0.493 e. The molecule has 0 saturated carbocycles. The summed E-state index contributed by atoms with van der Waals surface area (Å²) in [4.78, 5) is 0. The Bertz CT molecular complexity index is 642. The van der Waals surface area contributed by atoms with E-state index < -0.39 is 6.10 Å². The predicted molar refractivity (Wildman–Crippen MR) is 74.6 cm³/mol. The van der Waals surface area contributed by atoms with E-state index in [4.69, 9.17) is 25.8 Å². The summed E-state index contributed by atoms with van der Waals surface area (Å²) in [6, 6.07) is 10.6. The van der Waals surface area contributed by atoms with Gasteiger partial charge < -0.3 is 19.3 Å².